The van der Waals surface area contributed by atoms with E-state index in [4.69, 9.17) is 0 Å². The second-order valence-corrected chi connectivity index (χ2v) is 8.13. The molecule has 176 valence electrons. The zero-order valence-corrected chi connectivity index (χ0v) is 19.6. The van der Waals surface area contributed by atoms with Crippen LogP contribution in [-0.2, 0) is 14.3 Å². The Morgan fingerprint density at radius 1 is 1.03 bits per heavy atom. The topological polar surface area (TPSA) is 143 Å². The van der Waals surface area contributed by atoms with Gasteiger partial charge >= 0.3 is 5.97 Å². The van der Waals surface area contributed by atoms with Crippen molar-refractivity contribution < 1.29 is 19.1 Å². The summed E-state index contributed by atoms with van der Waals surface area (Å²) in [6.07, 6.45) is 0.294. The van der Waals surface area contributed by atoms with Crippen LogP contribution >= 0.6 is 11.8 Å². The van der Waals surface area contributed by atoms with E-state index in [9.17, 15) is 19.2 Å². The fraction of sp³-hybridized carbons (Fsp3) is 0.217. The molecule has 0 aliphatic rings. The Balaban J connectivity index is 1.67. The van der Waals surface area contributed by atoms with Crippen LogP contribution in [0.1, 0.15) is 29.3 Å². The molecule has 3 rings (SSSR count). The number of H-pyrrole nitrogens is 1. The third-order valence-corrected chi connectivity index (χ3v) is 5.50. The van der Waals surface area contributed by atoms with Crippen LogP contribution in [0.5, 0.6) is 0 Å². The van der Waals surface area contributed by atoms with Gasteiger partial charge in [0.25, 0.3) is 5.56 Å². The number of rotatable bonds is 8. The summed E-state index contributed by atoms with van der Waals surface area (Å²) in [6, 6.07) is 11.5. The molecule has 0 aliphatic carbocycles. The van der Waals surface area contributed by atoms with Gasteiger partial charge in [-0.3, -0.25) is 19.4 Å². The highest BCUT2D eigenvalue weighted by molar-refractivity contribution is 7.99. The zero-order chi connectivity index (χ0) is 24.7. The second-order valence-electron chi connectivity index (χ2n) is 7.16. The number of methoxy groups -OCH3 is 1. The van der Waals surface area contributed by atoms with E-state index in [2.05, 4.69) is 30.6 Å². The van der Waals surface area contributed by atoms with Crippen molar-refractivity contribution in [2.75, 3.05) is 23.5 Å². The number of hydrogen-bond acceptors (Lipinski definition) is 8. The van der Waals surface area contributed by atoms with Crippen molar-refractivity contribution in [3.63, 3.8) is 0 Å². The number of carbonyl (C=O) groups excluding carboxylic acids is 3. The molecular formula is C23H23N5O5S. The Bertz CT molecular complexity index is 1270. The van der Waals surface area contributed by atoms with E-state index < -0.39 is 11.5 Å². The molecule has 34 heavy (non-hydrogen) atoms. The first kappa shape index (κ1) is 24.6. The molecule has 1 heterocycles. The highest BCUT2D eigenvalue weighted by atomic mass is 32.2. The number of ether oxygens (including phenoxy) is 1. The minimum Gasteiger partial charge on any atom is -0.465 e. The molecule has 0 saturated carbocycles. The summed E-state index contributed by atoms with van der Waals surface area (Å²) < 4.78 is 4.64. The fourth-order valence-electron chi connectivity index (χ4n) is 2.90. The molecule has 0 spiro atoms. The quantitative estimate of drug-likeness (QED) is 0.329. The van der Waals surface area contributed by atoms with Crippen molar-refractivity contribution in [1.82, 2.24) is 15.2 Å². The normalized spacial score (nSPS) is 10.4. The minimum absolute atomic E-state index is 0.0228. The number of hydrogen-bond donors (Lipinski definition) is 3. The summed E-state index contributed by atoms with van der Waals surface area (Å²) in [5.41, 5.74) is 2.27. The summed E-state index contributed by atoms with van der Waals surface area (Å²) in [5.74, 6) is -1.01. The molecule has 11 heteroatoms. The Hall–Kier alpha value is -3.99. The number of anilines is 2. The number of benzene rings is 2. The zero-order valence-electron chi connectivity index (χ0n) is 18.8. The van der Waals surface area contributed by atoms with Crippen molar-refractivity contribution in [2.24, 2.45) is 0 Å². The second kappa shape index (κ2) is 11.2. The van der Waals surface area contributed by atoms with Gasteiger partial charge in [0.1, 0.15) is 0 Å². The van der Waals surface area contributed by atoms with Gasteiger partial charge in [-0.05, 0) is 43.3 Å². The summed E-state index contributed by atoms with van der Waals surface area (Å²) in [5, 5.41) is 13.7. The average Bonchev–Trinajstić information content (AvgIpc) is 2.84. The van der Waals surface area contributed by atoms with Crippen molar-refractivity contribution in [1.29, 1.82) is 0 Å². The number of carbonyl (C=O) groups is 3. The van der Waals surface area contributed by atoms with Crippen LogP contribution in [0.3, 0.4) is 0 Å². The Kier molecular flexibility index (Phi) is 8.14. The number of nitrogens with one attached hydrogen (secondary N) is 3. The first-order chi connectivity index (χ1) is 16.3. The standard InChI is InChI=1S/C23H23N5O5S/c1-4-18(29)25-17-10-5-13(2)11-16(17)20-21(31)26-23(28-27-20)34-12-19(30)24-15-8-6-14(7-9-15)22(32)33-3/h5-11H,4,12H2,1-3H3,(H,24,30)(H,25,29)(H,26,28,31). The molecule has 0 aliphatic heterocycles. The molecule has 0 atom stereocenters. The molecule has 2 aromatic carbocycles. The van der Waals surface area contributed by atoms with Crippen LogP contribution in [0, 0.1) is 6.92 Å². The summed E-state index contributed by atoms with van der Waals surface area (Å²) in [6.45, 7) is 3.59. The van der Waals surface area contributed by atoms with Crippen molar-refractivity contribution in [3.05, 3.63) is 63.9 Å². The number of esters is 1. The van der Waals surface area contributed by atoms with Crippen LogP contribution < -0.4 is 16.2 Å². The molecular weight excluding hydrogens is 458 g/mol. The molecule has 10 nitrogen and oxygen atoms in total. The van der Waals surface area contributed by atoms with Gasteiger partial charge in [-0.2, -0.15) is 0 Å². The molecule has 0 radical (unpaired) electrons. The van der Waals surface area contributed by atoms with E-state index in [1.807, 2.05) is 13.0 Å². The van der Waals surface area contributed by atoms with Gasteiger partial charge in [-0.1, -0.05) is 30.3 Å². The monoisotopic (exact) mass is 481 g/mol. The fourth-order valence-corrected chi connectivity index (χ4v) is 3.51. The molecule has 0 unspecified atom stereocenters. The Morgan fingerprint density at radius 3 is 2.41 bits per heavy atom. The van der Waals surface area contributed by atoms with Gasteiger partial charge in [0, 0.05) is 17.7 Å². The Morgan fingerprint density at radius 2 is 1.76 bits per heavy atom. The Labute approximate surface area is 199 Å². The number of aromatic amines is 1. The van der Waals surface area contributed by atoms with E-state index >= 15 is 0 Å². The predicted molar refractivity (Wildman–Crippen MR) is 129 cm³/mol. The lowest BCUT2D eigenvalue weighted by Gasteiger charge is -2.11. The summed E-state index contributed by atoms with van der Waals surface area (Å²) >= 11 is 1.01. The maximum Gasteiger partial charge on any atom is 0.337 e. The molecule has 1 aromatic heterocycles. The van der Waals surface area contributed by atoms with E-state index in [1.165, 1.54) is 7.11 Å². The number of nitrogens with zero attached hydrogens (tertiary/aromatic N) is 2. The maximum atomic E-state index is 12.7. The third kappa shape index (κ3) is 6.29. The number of aromatic nitrogens is 3. The summed E-state index contributed by atoms with van der Waals surface area (Å²) in [7, 11) is 1.29. The van der Waals surface area contributed by atoms with Crippen LogP contribution in [-0.4, -0.2) is 45.8 Å². The number of amides is 2. The van der Waals surface area contributed by atoms with Gasteiger partial charge in [0.05, 0.1) is 24.1 Å². The molecule has 3 N–H and O–H groups in total. The molecule has 2 amide bonds. The van der Waals surface area contributed by atoms with Gasteiger partial charge in [0.15, 0.2) is 10.9 Å². The highest BCUT2D eigenvalue weighted by Gasteiger charge is 2.15. The van der Waals surface area contributed by atoms with Gasteiger partial charge in [-0.25, -0.2) is 4.79 Å². The van der Waals surface area contributed by atoms with E-state index in [0.29, 0.717) is 28.9 Å². The SMILES string of the molecule is CCC(=O)Nc1ccc(C)cc1-c1nnc(SCC(=O)Nc2ccc(C(=O)OC)cc2)[nH]c1=O. The highest BCUT2D eigenvalue weighted by Crippen LogP contribution is 2.26. The average molecular weight is 482 g/mol. The molecule has 0 fully saturated rings. The largest absolute Gasteiger partial charge is 0.465 e. The minimum atomic E-state index is -0.492. The lowest BCUT2D eigenvalue weighted by atomic mass is 10.1. The van der Waals surface area contributed by atoms with E-state index in [1.54, 1.807) is 43.3 Å². The lowest BCUT2D eigenvalue weighted by Crippen LogP contribution is -2.18. The molecule has 0 bridgehead atoms. The first-order valence-electron chi connectivity index (χ1n) is 10.3. The van der Waals surface area contributed by atoms with Gasteiger partial charge < -0.3 is 15.4 Å². The molecule has 3 aromatic rings. The van der Waals surface area contributed by atoms with Crippen LogP contribution in [0.2, 0.25) is 0 Å². The third-order valence-electron chi connectivity index (χ3n) is 4.63. The number of thioether (sulfide) groups is 1. The summed E-state index contributed by atoms with van der Waals surface area (Å²) in [4.78, 5) is 50.9. The van der Waals surface area contributed by atoms with Crippen molar-refractivity contribution in [3.8, 4) is 11.3 Å². The lowest BCUT2D eigenvalue weighted by molar-refractivity contribution is -0.116. The van der Waals surface area contributed by atoms with E-state index in [-0.39, 0.29) is 28.4 Å². The number of aryl methyl sites for hydroxylation is 1. The predicted octanol–water partition coefficient (Wildman–Crippen LogP) is 3.01. The van der Waals surface area contributed by atoms with E-state index in [0.717, 1.165) is 17.3 Å². The van der Waals surface area contributed by atoms with Crippen LogP contribution in [0.4, 0.5) is 11.4 Å². The maximum absolute atomic E-state index is 12.7. The van der Waals surface area contributed by atoms with Crippen LogP contribution in [0.15, 0.2) is 52.4 Å². The van der Waals surface area contributed by atoms with Crippen molar-refractivity contribution >= 4 is 40.9 Å². The smallest absolute Gasteiger partial charge is 0.337 e. The van der Waals surface area contributed by atoms with Crippen LogP contribution in [0.25, 0.3) is 11.3 Å². The van der Waals surface area contributed by atoms with Gasteiger partial charge in [0.2, 0.25) is 11.8 Å². The molecule has 0 saturated heterocycles. The first-order valence-corrected chi connectivity index (χ1v) is 11.3. The van der Waals surface area contributed by atoms with Gasteiger partial charge in [-0.15, -0.1) is 10.2 Å². The van der Waals surface area contributed by atoms with Crippen molar-refractivity contribution in [2.45, 2.75) is 25.4 Å².